The molecule has 3 aromatic rings. The third-order valence-electron chi connectivity index (χ3n) is 2.77. The number of benzene rings is 1. The lowest BCUT2D eigenvalue weighted by Gasteiger charge is -1.97. The molecule has 0 radical (unpaired) electrons. The lowest BCUT2D eigenvalue weighted by Crippen LogP contribution is -1.98. The number of rotatable bonds is 2. The molecule has 0 aliphatic carbocycles. The molecule has 5 nitrogen and oxygen atoms in total. The average Bonchev–Trinajstić information content (AvgIpc) is 2.81. The van der Waals surface area contributed by atoms with E-state index in [1.165, 1.54) is 0 Å². The van der Waals surface area contributed by atoms with E-state index >= 15 is 0 Å². The number of phenols is 1. The standard InChI is InChI=1S/C13H12N4O/c14-7-9-5-6-12-15-13(16-17(12)8-9)10-3-1-2-4-11(10)18/h1-6,8,18H,7,14H2. The maximum atomic E-state index is 9.78. The minimum absolute atomic E-state index is 0.174. The number of aromatic nitrogens is 3. The van der Waals surface area contributed by atoms with Crippen molar-refractivity contribution in [1.29, 1.82) is 0 Å². The zero-order valence-electron chi connectivity index (χ0n) is 9.61. The van der Waals surface area contributed by atoms with Gasteiger partial charge < -0.3 is 10.8 Å². The highest BCUT2D eigenvalue weighted by molar-refractivity contribution is 5.65. The van der Waals surface area contributed by atoms with Crippen molar-refractivity contribution in [2.24, 2.45) is 5.73 Å². The Kier molecular flexibility index (Phi) is 2.46. The summed E-state index contributed by atoms with van der Waals surface area (Å²) in [7, 11) is 0. The minimum Gasteiger partial charge on any atom is -0.507 e. The Labute approximate surface area is 104 Å². The van der Waals surface area contributed by atoms with Gasteiger partial charge in [0.25, 0.3) is 0 Å². The van der Waals surface area contributed by atoms with Crippen LogP contribution in [0.3, 0.4) is 0 Å². The predicted octanol–water partition coefficient (Wildman–Crippen LogP) is 1.56. The van der Waals surface area contributed by atoms with Gasteiger partial charge in [0, 0.05) is 12.7 Å². The van der Waals surface area contributed by atoms with E-state index in [1.807, 2.05) is 24.4 Å². The molecule has 18 heavy (non-hydrogen) atoms. The first-order chi connectivity index (χ1) is 8.78. The molecule has 0 saturated heterocycles. The summed E-state index contributed by atoms with van der Waals surface area (Å²) in [6.07, 6.45) is 1.84. The molecule has 0 aliphatic heterocycles. The van der Waals surface area contributed by atoms with E-state index < -0.39 is 0 Å². The predicted molar refractivity (Wildman–Crippen MR) is 68.0 cm³/mol. The largest absolute Gasteiger partial charge is 0.507 e. The highest BCUT2D eigenvalue weighted by Crippen LogP contribution is 2.26. The van der Waals surface area contributed by atoms with Gasteiger partial charge in [0.2, 0.25) is 0 Å². The molecule has 5 heteroatoms. The van der Waals surface area contributed by atoms with E-state index in [1.54, 1.807) is 22.7 Å². The highest BCUT2D eigenvalue weighted by atomic mass is 16.3. The van der Waals surface area contributed by atoms with Gasteiger partial charge in [0.15, 0.2) is 11.5 Å². The quantitative estimate of drug-likeness (QED) is 0.712. The molecule has 0 saturated carbocycles. The number of aromatic hydroxyl groups is 1. The fourth-order valence-electron chi connectivity index (χ4n) is 1.82. The summed E-state index contributed by atoms with van der Waals surface area (Å²) in [5, 5.41) is 14.1. The van der Waals surface area contributed by atoms with E-state index in [4.69, 9.17) is 5.73 Å². The zero-order valence-corrected chi connectivity index (χ0v) is 9.61. The first-order valence-electron chi connectivity index (χ1n) is 5.61. The summed E-state index contributed by atoms with van der Waals surface area (Å²) >= 11 is 0. The van der Waals surface area contributed by atoms with Crippen LogP contribution in [-0.4, -0.2) is 19.7 Å². The molecule has 0 atom stereocenters. The van der Waals surface area contributed by atoms with Gasteiger partial charge in [-0.3, -0.25) is 0 Å². The van der Waals surface area contributed by atoms with Crippen LogP contribution in [0.4, 0.5) is 0 Å². The zero-order chi connectivity index (χ0) is 12.5. The number of phenolic OH excluding ortho intramolecular Hbond substituents is 1. The van der Waals surface area contributed by atoms with Crippen molar-refractivity contribution in [3.05, 3.63) is 48.2 Å². The molecular weight excluding hydrogens is 228 g/mol. The topological polar surface area (TPSA) is 76.4 Å². The van der Waals surface area contributed by atoms with E-state index in [-0.39, 0.29) is 5.75 Å². The van der Waals surface area contributed by atoms with Crippen molar-refractivity contribution in [3.8, 4) is 17.1 Å². The number of hydrogen-bond donors (Lipinski definition) is 2. The molecule has 1 aromatic carbocycles. The van der Waals surface area contributed by atoms with Gasteiger partial charge >= 0.3 is 0 Å². The smallest absolute Gasteiger partial charge is 0.185 e. The van der Waals surface area contributed by atoms with Crippen LogP contribution in [-0.2, 0) is 6.54 Å². The molecule has 0 unspecified atom stereocenters. The second-order valence-electron chi connectivity index (χ2n) is 4.00. The summed E-state index contributed by atoms with van der Waals surface area (Å²) in [6.45, 7) is 0.460. The Hall–Kier alpha value is -2.40. The molecule has 0 bridgehead atoms. The maximum absolute atomic E-state index is 9.78. The molecule has 3 rings (SSSR count). The van der Waals surface area contributed by atoms with E-state index in [2.05, 4.69) is 10.1 Å². The first-order valence-corrected chi connectivity index (χ1v) is 5.61. The molecule has 0 aliphatic rings. The lowest BCUT2D eigenvalue weighted by atomic mass is 10.2. The van der Waals surface area contributed by atoms with Crippen LogP contribution in [0.15, 0.2) is 42.6 Å². The molecule has 90 valence electrons. The fourth-order valence-corrected chi connectivity index (χ4v) is 1.82. The summed E-state index contributed by atoms with van der Waals surface area (Å²) < 4.78 is 1.67. The summed E-state index contributed by atoms with van der Waals surface area (Å²) in [4.78, 5) is 4.37. The van der Waals surface area contributed by atoms with E-state index in [0.29, 0.717) is 17.9 Å². The van der Waals surface area contributed by atoms with Crippen LogP contribution in [0.25, 0.3) is 17.0 Å². The molecule has 0 amide bonds. The van der Waals surface area contributed by atoms with Gasteiger partial charge in [-0.1, -0.05) is 18.2 Å². The SMILES string of the molecule is NCc1ccc2nc(-c3ccccc3O)nn2c1. The van der Waals surface area contributed by atoms with Crippen molar-refractivity contribution in [3.63, 3.8) is 0 Å². The van der Waals surface area contributed by atoms with Crippen LogP contribution in [0.5, 0.6) is 5.75 Å². The number of nitrogens with zero attached hydrogens (tertiary/aromatic N) is 3. The van der Waals surface area contributed by atoms with Gasteiger partial charge in [-0.05, 0) is 23.8 Å². The number of para-hydroxylation sites is 1. The van der Waals surface area contributed by atoms with Gasteiger partial charge in [0.05, 0.1) is 5.56 Å². The maximum Gasteiger partial charge on any atom is 0.185 e. The Morgan fingerprint density at radius 3 is 2.78 bits per heavy atom. The minimum atomic E-state index is 0.174. The Bertz CT molecular complexity index is 705. The monoisotopic (exact) mass is 240 g/mol. The first kappa shape index (κ1) is 10.7. The third kappa shape index (κ3) is 1.70. The molecule has 0 fully saturated rings. The third-order valence-corrected chi connectivity index (χ3v) is 2.77. The summed E-state index contributed by atoms with van der Waals surface area (Å²) in [5.41, 5.74) is 7.91. The molecule has 0 spiro atoms. The Balaban J connectivity index is 2.17. The fraction of sp³-hybridized carbons (Fsp3) is 0.0769. The lowest BCUT2D eigenvalue weighted by molar-refractivity contribution is 0.477. The van der Waals surface area contributed by atoms with Crippen LogP contribution in [0, 0.1) is 0 Å². The van der Waals surface area contributed by atoms with Crippen LogP contribution in [0.1, 0.15) is 5.56 Å². The van der Waals surface area contributed by atoms with Crippen molar-refractivity contribution in [2.75, 3.05) is 0 Å². The number of pyridine rings is 1. The number of nitrogens with two attached hydrogens (primary N) is 1. The average molecular weight is 240 g/mol. The Morgan fingerprint density at radius 1 is 1.17 bits per heavy atom. The van der Waals surface area contributed by atoms with E-state index in [9.17, 15) is 5.11 Å². The molecule has 3 N–H and O–H groups in total. The van der Waals surface area contributed by atoms with Crippen molar-refractivity contribution >= 4 is 5.65 Å². The van der Waals surface area contributed by atoms with Gasteiger partial charge in [0.1, 0.15) is 5.75 Å². The van der Waals surface area contributed by atoms with Crippen molar-refractivity contribution in [2.45, 2.75) is 6.54 Å². The summed E-state index contributed by atoms with van der Waals surface area (Å²) in [5.74, 6) is 0.676. The highest BCUT2D eigenvalue weighted by Gasteiger charge is 2.09. The Morgan fingerprint density at radius 2 is 2.00 bits per heavy atom. The summed E-state index contributed by atoms with van der Waals surface area (Å²) in [6, 6.07) is 10.8. The number of hydrogen-bond acceptors (Lipinski definition) is 4. The number of fused-ring (bicyclic) bond motifs is 1. The van der Waals surface area contributed by atoms with Crippen molar-refractivity contribution < 1.29 is 5.11 Å². The van der Waals surface area contributed by atoms with Gasteiger partial charge in [-0.15, -0.1) is 5.10 Å². The van der Waals surface area contributed by atoms with Crippen LogP contribution < -0.4 is 5.73 Å². The van der Waals surface area contributed by atoms with E-state index in [0.717, 1.165) is 11.2 Å². The van der Waals surface area contributed by atoms with Crippen LogP contribution >= 0.6 is 0 Å². The molecule has 2 aromatic heterocycles. The molecular formula is C13H12N4O. The van der Waals surface area contributed by atoms with Crippen molar-refractivity contribution in [1.82, 2.24) is 14.6 Å². The molecule has 2 heterocycles. The van der Waals surface area contributed by atoms with Gasteiger partial charge in [-0.2, -0.15) is 0 Å². The van der Waals surface area contributed by atoms with Crippen LogP contribution in [0.2, 0.25) is 0 Å². The second-order valence-corrected chi connectivity index (χ2v) is 4.00. The normalized spacial score (nSPS) is 10.9. The second kappa shape index (κ2) is 4.12. The van der Waals surface area contributed by atoms with Gasteiger partial charge in [-0.25, -0.2) is 9.50 Å².